The number of methoxy groups -OCH3 is 1. The van der Waals surface area contributed by atoms with E-state index in [2.05, 4.69) is 26.0 Å². The summed E-state index contributed by atoms with van der Waals surface area (Å²) in [6.45, 7) is 13.1. The zero-order valence-electron chi connectivity index (χ0n) is 16.9. The Morgan fingerprint density at radius 3 is 2.35 bits per heavy atom. The fourth-order valence-electron chi connectivity index (χ4n) is 4.38. The highest BCUT2D eigenvalue weighted by molar-refractivity contribution is 5.88. The van der Waals surface area contributed by atoms with Gasteiger partial charge < -0.3 is 9.15 Å². The van der Waals surface area contributed by atoms with Gasteiger partial charge in [0.25, 0.3) is 5.95 Å². The largest absolute Gasteiger partial charge is 0.468 e. The normalized spacial score (nSPS) is 23.4. The molecule has 0 aliphatic heterocycles. The van der Waals surface area contributed by atoms with Gasteiger partial charge in [0.05, 0.1) is 18.1 Å². The second kappa shape index (κ2) is 7.10. The first kappa shape index (κ1) is 20.0. The summed E-state index contributed by atoms with van der Waals surface area (Å²) < 4.78 is 11.4. The van der Waals surface area contributed by atoms with Crippen molar-refractivity contribution in [2.75, 3.05) is 7.11 Å². The van der Waals surface area contributed by atoms with Gasteiger partial charge in [-0.1, -0.05) is 28.9 Å². The molecule has 2 rings (SSSR count). The second-order valence-electron chi connectivity index (χ2n) is 7.49. The minimum atomic E-state index is -0.594. The molecular weight excluding hydrogens is 328 g/mol. The molecule has 1 aliphatic rings. The molecule has 0 aromatic carbocycles. The summed E-state index contributed by atoms with van der Waals surface area (Å²) in [5.74, 6) is 0.744. The van der Waals surface area contributed by atoms with Gasteiger partial charge in [0.2, 0.25) is 0 Å². The fraction of sp³-hybridized carbons (Fsp3) is 0.455. The monoisotopic (exact) mass is 356 g/mol. The fourth-order valence-corrected chi connectivity index (χ4v) is 4.38. The number of rotatable bonds is 4. The van der Waals surface area contributed by atoms with Crippen LogP contribution in [-0.4, -0.2) is 12.9 Å². The van der Waals surface area contributed by atoms with E-state index in [0.29, 0.717) is 16.9 Å². The van der Waals surface area contributed by atoms with Crippen LogP contribution in [0.4, 0.5) is 0 Å². The summed E-state index contributed by atoms with van der Waals surface area (Å²) >= 11 is 0. The third-order valence-corrected chi connectivity index (χ3v) is 5.12. The molecule has 0 saturated heterocycles. The van der Waals surface area contributed by atoms with E-state index in [1.807, 2.05) is 13.8 Å². The number of ether oxygens (including phenoxy) is 1. The lowest BCUT2D eigenvalue weighted by molar-refractivity contribution is -0.112. The van der Waals surface area contributed by atoms with Crippen LogP contribution in [0.5, 0.6) is 5.95 Å². The molecule has 26 heavy (non-hydrogen) atoms. The van der Waals surface area contributed by atoms with Crippen LogP contribution in [0.15, 0.2) is 44.2 Å². The minimum Gasteiger partial charge on any atom is -0.468 e. The molecule has 4 heteroatoms. The maximum absolute atomic E-state index is 12.7. The Labute approximate surface area is 155 Å². The van der Waals surface area contributed by atoms with E-state index in [1.54, 1.807) is 26.8 Å². The van der Waals surface area contributed by atoms with E-state index in [4.69, 9.17) is 9.15 Å². The van der Waals surface area contributed by atoms with Gasteiger partial charge in [-0.3, -0.25) is 9.59 Å². The van der Waals surface area contributed by atoms with Crippen molar-refractivity contribution < 1.29 is 13.9 Å². The van der Waals surface area contributed by atoms with Crippen LogP contribution in [0.25, 0.3) is 0 Å². The van der Waals surface area contributed by atoms with E-state index < -0.39 is 5.41 Å². The quantitative estimate of drug-likeness (QED) is 0.741. The Balaban J connectivity index is 2.83. The Morgan fingerprint density at radius 1 is 1.19 bits per heavy atom. The number of allylic oxidation sites excluding steroid dienone is 6. The highest BCUT2D eigenvalue weighted by atomic mass is 16.6. The SMILES string of the molecule is COc1oc([C@@]2(C)C=C(C)C=C(C)[C@H]2C(C)=CC(C)=O)c(C)c(=O)c1C. The standard InChI is InChI=1S/C22H28O4/c1-12-9-13(2)18(14(3)10-15(4)23)22(7,11-12)20-16(5)19(24)17(6)21(25-8)26-20/h9-11,18H,1-8H3/t18-,22-/m0/s1. The highest BCUT2D eigenvalue weighted by Gasteiger charge is 2.42. The van der Waals surface area contributed by atoms with E-state index in [1.165, 1.54) is 7.11 Å². The minimum absolute atomic E-state index is 0.00332. The van der Waals surface area contributed by atoms with Gasteiger partial charge in [-0.05, 0) is 54.5 Å². The maximum Gasteiger partial charge on any atom is 0.291 e. The zero-order chi connectivity index (χ0) is 19.8. The summed E-state index contributed by atoms with van der Waals surface area (Å²) in [4.78, 5) is 24.4. The smallest absolute Gasteiger partial charge is 0.291 e. The van der Waals surface area contributed by atoms with Gasteiger partial charge in [0, 0.05) is 11.5 Å². The van der Waals surface area contributed by atoms with Gasteiger partial charge in [0.1, 0.15) is 5.76 Å². The summed E-state index contributed by atoms with van der Waals surface area (Å²) in [5.41, 5.74) is 3.54. The van der Waals surface area contributed by atoms with Crippen molar-refractivity contribution >= 4 is 5.78 Å². The van der Waals surface area contributed by atoms with Gasteiger partial charge >= 0.3 is 0 Å². The highest BCUT2D eigenvalue weighted by Crippen LogP contribution is 2.47. The summed E-state index contributed by atoms with van der Waals surface area (Å²) in [6, 6.07) is 0. The molecule has 1 aromatic heterocycles. The molecule has 140 valence electrons. The third-order valence-electron chi connectivity index (χ3n) is 5.12. The number of carbonyl (C=O) groups is 1. The number of carbonyl (C=O) groups excluding carboxylic acids is 1. The maximum atomic E-state index is 12.7. The van der Waals surface area contributed by atoms with E-state index in [-0.39, 0.29) is 23.1 Å². The lowest BCUT2D eigenvalue weighted by atomic mass is 9.64. The van der Waals surface area contributed by atoms with Crippen LogP contribution in [0.2, 0.25) is 0 Å². The molecule has 0 fully saturated rings. The lowest BCUT2D eigenvalue weighted by Gasteiger charge is -2.39. The lowest BCUT2D eigenvalue weighted by Crippen LogP contribution is -2.36. The van der Waals surface area contributed by atoms with Crippen molar-refractivity contribution in [3.05, 3.63) is 62.1 Å². The molecule has 0 saturated carbocycles. The Kier molecular flexibility index (Phi) is 5.45. The van der Waals surface area contributed by atoms with E-state index in [0.717, 1.165) is 16.7 Å². The predicted molar refractivity (Wildman–Crippen MR) is 104 cm³/mol. The first-order chi connectivity index (χ1) is 12.0. The second-order valence-corrected chi connectivity index (χ2v) is 7.49. The molecule has 0 bridgehead atoms. The molecule has 0 radical (unpaired) electrons. The van der Waals surface area contributed by atoms with Crippen molar-refractivity contribution in [3.63, 3.8) is 0 Å². The zero-order valence-corrected chi connectivity index (χ0v) is 16.9. The average Bonchev–Trinajstić information content (AvgIpc) is 2.51. The number of hydrogen-bond acceptors (Lipinski definition) is 4. The third kappa shape index (κ3) is 3.33. The average molecular weight is 356 g/mol. The van der Waals surface area contributed by atoms with Crippen molar-refractivity contribution in [2.24, 2.45) is 5.92 Å². The van der Waals surface area contributed by atoms with Crippen molar-refractivity contribution in [2.45, 2.75) is 53.9 Å². The summed E-state index contributed by atoms with van der Waals surface area (Å²) in [7, 11) is 1.50. The summed E-state index contributed by atoms with van der Waals surface area (Å²) in [6.07, 6.45) is 5.89. The molecule has 0 amide bonds. The molecule has 2 atom stereocenters. The van der Waals surface area contributed by atoms with Crippen LogP contribution < -0.4 is 10.2 Å². The Hall–Kier alpha value is -2.36. The molecule has 0 N–H and O–H groups in total. The van der Waals surface area contributed by atoms with E-state index >= 15 is 0 Å². The molecule has 1 heterocycles. The number of ketones is 1. The topological polar surface area (TPSA) is 56.5 Å². The van der Waals surface area contributed by atoms with Gasteiger partial charge in [-0.25, -0.2) is 0 Å². The van der Waals surface area contributed by atoms with Crippen LogP contribution in [0.3, 0.4) is 0 Å². The van der Waals surface area contributed by atoms with Crippen molar-refractivity contribution in [3.8, 4) is 5.95 Å². The molecule has 1 aliphatic carbocycles. The molecule has 4 nitrogen and oxygen atoms in total. The van der Waals surface area contributed by atoms with Crippen LogP contribution >= 0.6 is 0 Å². The first-order valence-electron chi connectivity index (χ1n) is 8.78. The number of hydrogen-bond donors (Lipinski definition) is 0. The van der Waals surface area contributed by atoms with Crippen LogP contribution in [0.1, 0.15) is 51.5 Å². The Morgan fingerprint density at radius 2 is 1.81 bits per heavy atom. The van der Waals surface area contributed by atoms with Gasteiger partial charge in [-0.2, -0.15) is 0 Å². The first-order valence-corrected chi connectivity index (χ1v) is 8.78. The summed E-state index contributed by atoms with van der Waals surface area (Å²) in [5, 5.41) is 0. The van der Waals surface area contributed by atoms with Crippen LogP contribution in [0, 0.1) is 19.8 Å². The van der Waals surface area contributed by atoms with Crippen molar-refractivity contribution in [1.82, 2.24) is 0 Å². The van der Waals surface area contributed by atoms with Crippen LogP contribution in [-0.2, 0) is 10.2 Å². The Bertz CT molecular complexity index is 895. The molecule has 0 spiro atoms. The van der Waals surface area contributed by atoms with Gasteiger partial charge in [0.15, 0.2) is 11.2 Å². The predicted octanol–water partition coefficient (Wildman–Crippen LogP) is 4.58. The van der Waals surface area contributed by atoms with E-state index in [9.17, 15) is 9.59 Å². The van der Waals surface area contributed by atoms with Gasteiger partial charge in [-0.15, -0.1) is 0 Å². The molecule has 0 unspecified atom stereocenters. The van der Waals surface area contributed by atoms with Crippen molar-refractivity contribution in [1.29, 1.82) is 0 Å². The molecular formula is C22H28O4. The molecule has 1 aromatic rings.